The molecule has 0 aliphatic rings. The van der Waals surface area contributed by atoms with Crippen molar-refractivity contribution < 1.29 is 14.0 Å². The number of furan rings is 1. The van der Waals surface area contributed by atoms with Gasteiger partial charge in [-0.3, -0.25) is 14.3 Å². The van der Waals surface area contributed by atoms with E-state index in [1.807, 2.05) is 4.68 Å². The Morgan fingerprint density at radius 1 is 1.24 bits per heavy atom. The molecule has 0 spiro atoms. The highest BCUT2D eigenvalue weighted by Gasteiger charge is 2.21. The van der Waals surface area contributed by atoms with Gasteiger partial charge in [-0.25, -0.2) is 0 Å². The number of nitrogens with one attached hydrogen (secondary N) is 2. The molecule has 0 bridgehead atoms. The van der Waals surface area contributed by atoms with Crippen molar-refractivity contribution in [3.05, 3.63) is 36.0 Å². The van der Waals surface area contributed by atoms with Crippen LogP contribution in [0.5, 0.6) is 0 Å². The van der Waals surface area contributed by atoms with Gasteiger partial charge in [-0.1, -0.05) is 27.7 Å². The zero-order valence-corrected chi connectivity index (χ0v) is 15.4. The molecule has 0 aliphatic carbocycles. The Kier molecular flexibility index (Phi) is 6.01. The summed E-state index contributed by atoms with van der Waals surface area (Å²) in [6, 6.07) is 2.47. The zero-order valence-electron chi connectivity index (χ0n) is 15.4. The molecule has 7 heteroatoms. The van der Waals surface area contributed by atoms with E-state index in [2.05, 4.69) is 43.4 Å². The first-order chi connectivity index (χ1) is 11.8. The fourth-order valence-electron chi connectivity index (χ4n) is 2.57. The smallest absolute Gasteiger partial charge is 0.287 e. The molecule has 7 nitrogen and oxygen atoms in total. The molecule has 2 N–H and O–H groups in total. The van der Waals surface area contributed by atoms with Crippen molar-refractivity contribution >= 4 is 17.5 Å². The third kappa shape index (κ3) is 4.71. The van der Waals surface area contributed by atoms with Gasteiger partial charge in [0.1, 0.15) is 6.04 Å². The van der Waals surface area contributed by atoms with E-state index in [4.69, 9.17) is 4.42 Å². The van der Waals surface area contributed by atoms with Gasteiger partial charge >= 0.3 is 0 Å². The van der Waals surface area contributed by atoms with Gasteiger partial charge in [0.25, 0.3) is 5.91 Å². The molecule has 2 amide bonds. The van der Waals surface area contributed by atoms with E-state index < -0.39 is 11.9 Å². The van der Waals surface area contributed by atoms with Crippen LogP contribution in [0.4, 0.5) is 5.69 Å². The lowest BCUT2D eigenvalue weighted by Gasteiger charge is -2.17. The summed E-state index contributed by atoms with van der Waals surface area (Å²) in [5.74, 6) is 0.113. The summed E-state index contributed by atoms with van der Waals surface area (Å²) in [5.41, 5.74) is 1.66. The van der Waals surface area contributed by atoms with Crippen LogP contribution < -0.4 is 10.6 Å². The van der Waals surface area contributed by atoms with Gasteiger partial charge in [0.15, 0.2) is 5.76 Å². The molecule has 0 radical (unpaired) electrons. The standard InChI is InChI=1S/C18H26N4O3/c1-11(2)10-22-16(12(3)4)14(9-19-22)21-17(23)13(5)20-18(24)15-7-6-8-25-15/h6-9,11-13H,10H2,1-5H3,(H,20,24)(H,21,23)/t13-/m0/s1. The van der Waals surface area contributed by atoms with Crippen LogP contribution in [-0.2, 0) is 11.3 Å². The maximum atomic E-state index is 12.4. The van der Waals surface area contributed by atoms with Crippen LogP contribution in [0.3, 0.4) is 0 Å². The predicted octanol–water partition coefficient (Wildman–Crippen LogP) is 3.01. The van der Waals surface area contributed by atoms with Crippen LogP contribution in [-0.4, -0.2) is 27.6 Å². The molecule has 136 valence electrons. The maximum absolute atomic E-state index is 12.4. The van der Waals surface area contributed by atoms with Crippen molar-refractivity contribution in [2.24, 2.45) is 5.92 Å². The summed E-state index contributed by atoms with van der Waals surface area (Å²) in [6.07, 6.45) is 3.08. The number of aromatic nitrogens is 2. The highest BCUT2D eigenvalue weighted by Crippen LogP contribution is 2.25. The predicted molar refractivity (Wildman–Crippen MR) is 95.4 cm³/mol. The summed E-state index contributed by atoms with van der Waals surface area (Å²) in [4.78, 5) is 24.4. The number of nitrogens with zero attached hydrogens (tertiary/aromatic N) is 2. The number of anilines is 1. The highest BCUT2D eigenvalue weighted by molar-refractivity contribution is 6.00. The van der Waals surface area contributed by atoms with Crippen molar-refractivity contribution in [3.63, 3.8) is 0 Å². The molecule has 0 aliphatic heterocycles. The summed E-state index contributed by atoms with van der Waals surface area (Å²) in [7, 11) is 0. The lowest BCUT2D eigenvalue weighted by atomic mass is 10.1. The second-order valence-corrected chi connectivity index (χ2v) is 6.84. The first kappa shape index (κ1) is 18.8. The van der Waals surface area contributed by atoms with Crippen molar-refractivity contribution in [2.75, 3.05) is 5.32 Å². The van der Waals surface area contributed by atoms with Gasteiger partial charge in [0.05, 0.1) is 23.8 Å². The summed E-state index contributed by atoms with van der Waals surface area (Å²) in [6.45, 7) is 10.8. The molecule has 2 aromatic heterocycles. The topological polar surface area (TPSA) is 89.2 Å². The normalized spacial score (nSPS) is 12.4. The Labute approximate surface area is 147 Å². The van der Waals surface area contributed by atoms with Crippen LogP contribution >= 0.6 is 0 Å². The summed E-state index contributed by atoms with van der Waals surface area (Å²) >= 11 is 0. The van der Waals surface area contributed by atoms with E-state index in [1.54, 1.807) is 25.3 Å². The van der Waals surface area contributed by atoms with E-state index in [1.165, 1.54) is 6.26 Å². The molecule has 0 fully saturated rings. The molecule has 0 saturated heterocycles. The molecular formula is C18H26N4O3. The minimum Gasteiger partial charge on any atom is -0.459 e. The molecule has 0 aromatic carbocycles. The monoisotopic (exact) mass is 346 g/mol. The third-order valence-electron chi connectivity index (χ3n) is 3.71. The Balaban J connectivity index is 2.06. The molecule has 25 heavy (non-hydrogen) atoms. The Morgan fingerprint density at radius 2 is 1.96 bits per heavy atom. The molecule has 1 atom stereocenters. The van der Waals surface area contributed by atoms with Gasteiger partial charge in [0.2, 0.25) is 5.91 Å². The van der Waals surface area contributed by atoms with Gasteiger partial charge in [-0.05, 0) is 30.9 Å². The number of hydrogen-bond acceptors (Lipinski definition) is 4. The van der Waals surface area contributed by atoms with Crippen molar-refractivity contribution in [1.29, 1.82) is 0 Å². The summed E-state index contributed by atoms with van der Waals surface area (Å²) in [5, 5.41) is 9.88. The largest absolute Gasteiger partial charge is 0.459 e. The quantitative estimate of drug-likeness (QED) is 0.806. The second kappa shape index (κ2) is 8.00. The molecule has 2 aromatic rings. The van der Waals surface area contributed by atoms with Crippen molar-refractivity contribution in [3.8, 4) is 0 Å². The van der Waals surface area contributed by atoms with Gasteiger partial charge < -0.3 is 15.1 Å². The van der Waals surface area contributed by atoms with Gasteiger partial charge in [-0.15, -0.1) is 0 Å². The SMILES string of the molecule is CC(C)Cn1ncc(NC(=O)[C@H](C)NC(=O)c2ccco2)c1C(C)C. The minimum atomic E-state index is -0.703. The van der Waals surface area contributed by atoms with Crippen molar-refractivity contribution in [1.82, 2.24) is 15.1 Å². The summed E-state index contributed by atoms with van der Waals surface area (Å²) < 4.78 is 6.96. The van der Waals surface area contributed by atoms with Crippen LogP contribution in [0.2, 0.25) is 0 Å². The molecule has 0 unspecified atom stereocenters. The Bertz CT molecular complexity index is 717. The molecule has 2 heterocycles. The molecule has 2 rings (SSSR count). The fraction of sp³-hybridized carbons (Fsp3) is 0.500. The van der Waals surface area contributed by atoms with E-state index in [-0.39, 0.29) is 17.6 Å². The van der Waals surface area contributed by atoms with E-state index in [0.29, 0.717) is 11.6 Å². The van der Waals surface area contributed by atoms with Gasteiger partial charge in [-0.2, -0.15) is 5.10 Å². The Morgan fingerprint density at radius 3 is 2.52 bits per heavy atom. The lowest BCUT2D eigenvalue weighted by molar-refractivity contribution is -0.117. The molecule has 0 saturated carbocycles. The minimum absolute atomic E-state index is 0.173. The second-order valence-electron chi connectivity index (χ2n) is 6.84. The van der Waals surface area contributed by atoms with Gasteiger partial charge in [0, 0.05) is 6.54 Å². The van der Waals surface area contributed by atoms with Crippen LogP contribution in [0.1, 0.15) is 56.8 Å². The number of hydrogen-bond donors (Lipinski definition) is 2. The van der Waals surface area contributed by atoms with E-state index >= 15 is 0 Å². The van der Waals surface area contributed by atoms with Crippen LogP contribution in [0.15, 0.2) is 29.0 Å². The Hall–Kier alpha value is -2.57. The number of rotatable bonds is 7. The van der Waals surface area contributed by atoms with Crippen molar-refractivity contribution in [2.45, 2.75) is 53.1 Å². The fourth-order valence-corrected chi connectivity index (χ4v) is 2.57. The molecular weight excluding hydrogens is 320 g/mol. The van der Waals surface area contributed by atoms with Crippen LogP contribution in [0, 0.1) is 5.92 Å². The van der Waals surface area contributed by atoms with E-state index in [9.17, 15) is 9.59 Å². The lowest BCUT2D eigenvalue weighted by Crippen LogP contribution is -2.41. The third-order valence-corrected chi connectivity index (χ3v) is 3.71. The van der Waals surface area contributed by atoms with Crippen LogP contribution in [0.25, 0.3) is 0 Å². The first-order valence-corrected chi connectivity index (χ1v) is 8.50. The maximum Gasteiger partial charge on any atom is 0.287 e. The number of carbonyl (C=O) groups excluding carboxylic acids is 2. The highest BCUT2D eigenvalue weighted by atomic mass is 16.3. The number of carbonyl (C=O) groups is 2. The average Bonchev–Trinajstić information content (AvgIpc) is 3.16. The zero-order chi connectivity index (χ0) is 18.6. The first-order valence-electron chi connectivity index (χ1n) is 8.50. The average molecular weight is 346 g/mol. The number of amides is 2. The van der Waals surface area contributed by atoms with E-state index in [0.717, 1.165) is 12.2 Å².